The molecule has 104 valence electrons. The van der Waals surface area contributed by atoms with E-state index in [-0.39, 0.29) is 18.4 Å². The molecule has 1 atom stereocenters. The summed E-state index contributed by atoms with van der Waals surface area (Å²) < 4.78 is 4.65. The molecule has 2 N–H and O–H groups in total. The SMILES string of the molecule is COC(=O)c1ccc(NC(C)CCC(=O)O)c(C)c1. The van der Waals surface area contributed by atoms with Crippen molar-refractivity contribution in [1.29, 1.82) is 0 Å². The Balaban J connectivity index is 2.69. The summed E-state index contributed by atoms with van der Waals surface area (Å²) >= 11 is 0. The van der Waals surface area contributed by atoms with Crippen molar-refractivity contribution in [1.82, 2.24) is 0 Å². The van der Waals surface area contributed by atoms with E-state index in [0.717, 1.165) is 11.3 Å². The zero-order valence-corrected chi connectivity index (χ0v) is 11.4. The number of esters is 1. The number of aryl methyl sites for hydroxylation is 1. The number of hydrogen-bond donors (Lipinski definition) is 2. The maximum atomic E-state index is 11.4. The molecule has 0 saturated carbocycles. The van der Waals surface area contributed by atoms with E-state index in [9.17, 15) is 9.59 Å². The fourth-order valence-corrected chi connectivity index (χ4v) is 1.75. The van der Waals surface area contributed by atoms with Gasteiger partial charge in [-0.2, -0.15) is 0 Å². The van der Waals surface area contributed by atoms with Crippen molar-refractivity contribution < 1.29 is 19.4 Å². The molecule has 1 aromatic rings. The van der Waals surface area contributed by atoms with Crippen LogP contribution in [0.1, 0.15) is 35.7 Å². The molecule has 0 aliphatic heterocycles. The molecule has 1 rings (SSSR count). The van der Waals surface area contributed by atoms with Gasteiger partial charge >= 0.3 is 11.9 Å². The van der Waals surface area contributed by atoms with Crippen LogP contribution in [0.15, 0.2) is 18.2 Å². The fourth-order valence-electron chi connectivity index (χ4n) is 1.75. The average molecular weight is 265 g/mol. The second-order valence-electron chi connectivity index (χ2n) is 4.50. The van der Waals surface area contributed by atoms with Crippen LogP contribution in [0.4, 0.5) is 5.69 Å². The fraction of sp³-hybridized carbons (Fsp3) is 0.429. The Hall–Kier alpha value is -2.04. The van der Waals surface area contributed by atoms with E-state index in [1.54, 1.807) is 18.2 Å². The van der Waals surface area contributed by atoms with Crippen molar-refractivity contribution in [3.05, 3.63) is 29.3 Å². The number of carboxylic acids is 1. The van der Waals surface area contributed by atoms with Crippen LogP contribution in [0.3, 0.4) is 0 Å². The second-order valence-corrected chi connectivity index (χ2v) is 4.50. The molecule has 0 fully saturated rings. The first-order valence-corrected chi connectivity index (χ1v) is 6.11. The van der Waals surface area contributed by atoms with E-state index in [4.69, 9.17) is 5.11 Å². The highest BCUT2D eigenvalue weighted by atomic mass is 16.5. The zero-order chi connectivity index (χ0) is 14.4. The first-order chi connectivity index (χ1) is 8.93. The summed E-state index contributed by atoms with van der Waals surface area (Å²) in [5, 5.41) is 11.9. The smallest absolute Gasteiger partial charge is 0.337 e. The van der Waals surface area contributed by atoms with Gasteiger partial charge < -0.3 is 15.2 Å². The number of anilines is 1. The van der Waals surface area contributed by atoms with Gasteiger partial charge in [-0.15, -0.1) is 0 Å². The summed E-state index contributed by atoms with van der Waals surface area (Å²) in [5.74, 6) is -1.17. The Morgan fingerprint density at radius 1 is 1.42 bits per heavy atom. The van der Waals surface area contributed by atoms with Crippen molar-refractivity contribution in [3.8, 4) is 0 Å². The molecule has 0 bridgehead atoms. The Morgan fingerprint density at radius 3 is 2.63 bits per heavy atom. The number of methoxy groups -OCH3 is 1. The number of nitrogens with one attached hydrogen (secondary N) is 1. The van der Waals surface area contributed by atoms with Gasteiger partial charge in [0.15, 0.2) is 0 Å². The predicted octanol–water partition coefficient (Wildman–Crippen LogP) is 2.45. The van der Waals surface area contributed by atoms with Crippen molar-refractivity contribution in [2.24, 2.45) is 0 Å². The van der Waals surface area contributed by atoms with E-state index in [2.05, 4.69) is 10.1 Å². The molecule has 0 aliphatic rings. The molecule has 5 heteroatoms. The molecule has 1 aromatic carbocycles. The summed E-state index contributed by atoms with van der Waals surface area (Å²) in [6.45, 7) is 3.81. The summed E-state index contributed by atoms with van der Waals surface area (Å²) in [4.78, 5) is 21.9. The highest BCUT2D eigenvalue weighted by Crippen LogP contribution is 2.19. The van der Waals surface area contributed by atoms with Crippen LogP contribution in [0.5, 0.6) is 0 Å². The standard InChI is InChI=1S/C14H19NO4/c1-9-8-11(14(18)19-3)5-6-12(9)15-10(2)4-7-13(16)17/h5-6,8,10,15H,4,7H2,1-3H3,(H,16,17). The third-order valence-corrected chi connectivity index (χ3v) is 2.84. The van der Waals surface area contributed by atoms with Crippen LogP contribution < -0.4 is 5.32 Å². The van der Waals surface area contributed by atoms with Crippen LogP contribution in [0, 0.1) is 6.92 Å². The van der Waals surface area contributed by atoms with Gasteiger partial charge in [0.2, 0.25) is 0 Å². The summed E-state index contributed by atoms with van der Waals surface area (Å²) in [6.07, 6.45) is 0.682. The lowest BCUT2D eigenvalue weighted by Gasteiger charge is -2.16. The monoisotopic (exact) mass is 265 g/mol. The Morgan fingerprint density at radius 2 is 2.11 bits per heavy atom. The van der Waals surface area contributed by atoms with E-state index in [1.165, 1.54) is 7.11 Å². The number of carbonyl (C=O) groups is 2. The minimum absolute atomic E-state index is 0.0544. The molecule has 19 heavy (non-hydrogen) atoms. The Labute approximate surface area is 112 Å². The predicted molar refractivity (Wildman–Crippen MR) is 72.5 cm³/mol. The van der Waals surface area contributed by atoms with Gasteiger partial charge in [-0.1, -0.05) is 0 Å². The first-order valence-electron chi connectivity index (χ1n) is 6.11. The first kappa shape index (κ1) is 15.0. The minimum atomic E-state index is -0.800. The van der Waals surface area contributed by atoms with Crippen LogP contribution in [0.25, 0.3) is 0 Å². The number of carbonyl (C=O) groups excluding carboxylic acids is 1. The summed E-state index contributed by atoms with van der Waals surface area (Å²) in [5.41, 5.74) is 2.32. The average Bonchev–Trinajstić information content (AvgIpc) is 2.37. The van der Waals surface area contributed by atoms with Crippen LogP contribution >= 0.6 is 0 Å². The third kappa shape index (κ3) is 4.62. The van der Waals surface area contributed by atoms with Gasteiger partial charge in [0.05, 0.1) is 12.7 Å². The molecule has 0 aliphatic carbocycles. The van der Waals surface area contributed by atoms with Gasteiger partial charge in [0.25, 0.3) is 0 Å². The summed E-state index contributed by atoms with van der Waals surface area (Å²) in [6, 6.07) is 5.29. The number of ether oxygens (including phenoxy) is 1. The van der Waals surface area contributed by atoms with Gasteiger partial charge in [-0.05, 0) is 44.0 Å². The van der Waals surface area contributed by atoms with E-state index >= 15 is 0 Å². The van der Waals surface area contributed by atoms with Crippen molar-refractivity contribution in [3.63, 3.8) is 0 Å². The highest BCUT2D eigenvalue weighted by molar-refractivity contribution is 5.90. The molecular formula is C14H19NO4. The zero-order valence-electron chi connectivity index (χ0n) is 11.4. The van der Waals surface area contributed by atoms with Crippen molar-refractivity contribution in [2.45, 2.75) is 32.7 Å². The van der Waals surface area contributed by atoms with E-state index < -0.39 is 5.97 Å². The van der Waals surface area contributed by atoms with Crippen LogP contribution in [0.2, 0.25) is 0 Å². The number of benzene rings is 1. The Kier molecular flexibility index (Phi) is 5.36. The van der Waals surface area contributed by atoms with Crippen LogP contribution in [-0.2, 0) is 9.53 Å². The molecule has 0 spiro atoms. The lowest BCUT2D eigenvalue weighted by molar-refractivity contribution is -0.137. The molecule has 1 unspecified atom stereocenters. The minimum Gasteiger partial charge on any atom is -0.481 e. The van der Waals surface area contributed by atoms with Crippen molar-refractivity contribution >= 4 is 17.6 Å². The molecule has 0 heterocycles. The lowest BCUT2D eigenvalue weighted by Crippen LogP contribution is -2.17. The Bertz CT molecular complexity index is 471. The van der Waals surface area contributed by atoms with E-state index in [1.807, 2.05) is 13.8 Å². The van der Waals surface area contributed by atoms with Crippen LogP contribution in [-0.4, -0.2) is 30.2 Å². The number of aliphatic carboxylic acids is 1. The quantitative estimate of drug-likeness (QED) is 0.773. The summed E-state index contributed by atoms with van der Waals surface area (Å²) in [7, 11) is 1.35. The maximum absolute atomic E-state index is 11.4. The molecule has 0 amide bonds. The van der Waals surface area contributed by atoms with E-state index in [0.29, 0.717) is 12.0 Å². The number of hydrogen-bond acceptors (Lipinski definition) is 4. The highest BCUT2D eigenvalue weighted by Gasteiger charge is 2.10. The molecule has 0 saturated heterocycles. The topological polar surface area (TPSA) is 75.6 Å². The number of rotatable bonds is 6. The maximum Gasteiger partial charge on any atom is 0.337 e. The molecular weight excluding hydrogens is 246 g/mol. The largest absolute Gasteiger partial charge is 0.481 e. The van der Waals surface area contributed by atoms with Crippen molar-refractivity contribution in [2.75, 3.05) is 12.4 Å². The second kappa shape index (κ2) is 6.78. The van der Waals surface area contributed by atoms with Gasteiger partial charge in [0.1, 0.15) is 0 Å². The molecule has 0 radical (unpaired) electrons. The normalized spacial score (nSPS) is 11.7. The lowest BCUT2D eigenvalue weighted by atomic mass is 10.1. The number of carboxylic acid groups (broad SMARTS) is 1. The van der Waals surface area contributed by atoms with Gasteiger partial charge in [-0.25, -0.2) is 4.79 Å². The van der Waals surface area contributed by atoms with Gasteiger partial charge in [0, 0.05) is 18.2 Å². The third-order valence-electron chi connectivity index (χ3n) is 2.84. The molecule has 0 aromatic heterocycles. The van der Waals surface area contributed by atoms with Gasteiger partial charge in [-0.3, -0.25) is 4.79 Å². The molecule has 5 nitrogen and oxygen atoms in total.